The standard InChI is InChI=1S/C31H31F3N6O4S/c1-4-5-21-7-6-19(2)14-26(21)40-28(41)17-45-30(40)37-29(42)36-25-13-12-24(15-20(25)3)43-16-27-35-18-39(38-27)22-8-10-23(11-9-22)44-31(32,33)34/h6-15,18,30H,4-5,16-17H2,1-3H3,(H2,36,37,42). The fourth-order valence-corrected chi connectivity index (χ4v) is 5.75. The normalized spacial score (nSPS) is 14.8. The smallest absolute Gasteiger partial charge is 0.486 e. The molecule has 1 aromatic heterocycles. The van der Waals surface area contributed by atoms with Gasteiger partial charge < -0.3 is 20.1 Å². The van der Waals surface area contributed by atoms with Crippen LogP contribution >= 0.6 is 11.8 Å². The number of carbonyl (C=O) groups is 2. The number of aromatic nitrogens is 3. The van der Waals surface area contributed by atoms with Gasteiger partial charge in [0.25, 0.3) is 0 Å². The minimum Gasteiger partial charge on any atom is -0.486 e. The third kappa shape index (κ3) is 8.06. The maximum Gasteiger partial charge on any atom is 0.573 e. The molecule has 236 valence electrons. The van der Waals surface area contributed by atoms with E-state index in [1.807, 2.05) is 32.0 Å². The molecule has 0 saturated carbocycles. The van der Waals surface area contributed by atoms with Crippen LogP contribution in [0.4, 0.5) is 29.3 Å². The number of aryl methyl sites for hydroxylation is 3. The van der Waals surface area contributed by atoms with Crippen molar-refractivity contribution >= 4 is 35.1 Å². The Morgan fingerprint density at radius 1 is 1.07 bits per heavy atom. The summed E-state index contributed by atoms with van der Waals surface area (Å²) < 4.78 is 48.3. The Labute approximate surface area is 261 Å². The second-order valence-corrected chi connectivity index (χ2v) is 11.4. The van der Waals surface area contributed by atoms with Gasteiger partial charge >= 0.3 is 12.4 Å². The Hall–Kier alpha value is -4.72. The van der Waals surface area contributed by atoms with Crippen LogP contribution in [-0.2, 0) is 17.8 Å². The zero-order valence-electron chi connectivity index (χ0n) is 24.7. The number of alkyl halides is 3. The number of benzene rings is 3. The monoisotopic (exact) mass is 640 g/mol. The van der Waals surface area contributed by atoms with Crippen LogP contribution < -0.4 is 25.0 Å². The number of hydrogen-bond acceptors (Lipinski definition) is 7. The summed E-state index contributed by atoms with van der Waals surface area (Å²) in [6.07, 6.45) is -1.58. The average molecular weight is 641 g/mol. The minimum absolute atomic E-state index is 0.0384. The number of halogens is 3. The topological polar surface area (TPSA) is 111 Å². The van der Waals surface area contributed by atoms with E-state index in [-0.39, 0.29) is 24.0 Å². The molecule has 2 N–H and O–H groups in total. The second kappa shape index (κ2) is 13.5. The van der Waals surface area contributed by atoms with Gasteiger partial charge in [0.1, 0.15) is 24.4 Å². The number of rotatable bonds is 10. The molecular formula is C31H31F3N6O4S. The first-order chi connectivity index (χ1) is 21.5. The molecule has 3 amide bonds. The van der Waals surface area contributed by atoms with Crippen molar-refractivity contribution in [1.82, 2.24) is 20.1 Å². The molecule has 1 aliphatic heterocycles. The second-order valence-electron chi connectivity index (χ2n) is 10.3. The highest BCUT2D eigenvalue weighted by Gasteiger charge is 2.35. The molecule has 10 nitrogen and oxygen atoms in total. The molecule has 0 aliphatic carbocycles. The maximum absolute atomic E-state index is 13.0. The first kappa shape index (κ1) is 31.7. The molecule has 1 saturated heterocycles. The molecule has 1 aliphatic rings. The number of nitrogens with zero attached hydrogens (tertiary/aromatic N) is 4. The van der Waals surface area contributed by atoms with E-state index in [4.69, 9.17) is 4.74 Å². The van der Waals surface area contributed by atoms with Crippen molar-refractivity contribution in [3.05, 3.63) is 89.5 Å². The zero-order chi connectivity index (χ0) is 32.1. The van der Waals surface area contributed by atoms with E-state index in [0.29, 0.717) is 22.9 Å². The molecule has 45 heavy (non-hydrogen) atoms. The molecule has 0 radical (unpaired) electrons. The molecule has 2 heterocycles. The van der Waals surface area contributed by atoms with Crippen LogP contribution in [0.25, 0.3) is 5.69 Å². The van der Waals surface area contributed by atoms with E-state index in [1.165, 1.54) is 47.0 Å². The van der Waals surface area contributed by atoms with Crippen molar-refractivity contribution in [1.29, 1.82) is 0 Å². The van der Waals surface area contributed by atoms with Gasteiger partial charge in [-0.3, -0.25) is 9.69 Å². The predicted molar refractivity (Wildman–Crippen MR) is 165 cm³/mol. The van der Waals surface area contributed by atoms with Gasteiger partial charge in [0.15, 0.2) is 11.3 Å². The molecule has 5 rings (SSSR count). The van der Waals surface area contributed by atoms with Crippen LogP contribution in [0.3, 0.4) is 0 Å². The summed E-state index contributed by atoms with van der Waals surface area (Å²) in [5.74, 6) is 0.756. The summed E-state index contributed by atoms with van der Waals surface area (Å²) in [7, 11) is 0. The molecule has 3 aromatic carbocycles. The predicted octanol–water partition coefficient (Wildman–Crippen LogP) is 6.50. The maximum atomic E-state index is 13.0. The lowest BCUT2D eigenvalue weighted by molar-refractivity contribution is -0.274. The van der Waals surface area contributed by atoms with Gasteiger partial charge in [0, 0.05) is 5.69 Å². The molecule has 1 atom stereocenters. The molecule has 4 aromatic rings. The lowest BCUT2D eigenvalue weighted by Crippen LogP contribution is -2.46. The van der Waals surface area contributed by atoms with Gasteiger partial charge in [0.2, 0.25) is 5.91 Å². The number of thioether (sulfide) groups is 1. The number of anilines is 2. The third-order valence-corrected chi connectivity index (χ3v) is 7.89. The first-order valence-corrected chi connectivity index (χ1v) is 15.1. The summed E-state index contributed by atoms with van der Waals surface area (Å²) in [6, 6.07) is 16.0. The molecule has 1 fully saturated rings. The Morgan fingerprint density at radius 3 is 2.53 bits per heavy atom. The summed E-state index contributed by atoms with van der Waals surface area (Å²) in [5.41, 5.74) is 4.19. The van der Waals surface area contributed by atoms with Crippen molar-refractivity contribution in [2.24, 2.45) is 0 Å². The lowest BCUT2D eigenvalue weighted by Gasteiger charge is -2.27. The van der Waals surface area contributed by atoms with Gasteiger partial charge in [-0.1, -0.05) is 25.5 Å². The highest BCUT2D eigenvalue weighted by Crippen LogP contribution is 2.33. The van der Waals surface area contributed by atoms with Gasteiger partial charge in [-0.25, -0.2) is 14.5 Å². The van der Waals surface area contributed by atoms with Crippen LogP contribution in [0.5, 0.6) is 11.5 Å². The number of nitrogens with one attached hydrogen (secondary N) is 2. The summed E-state index contributed by atoms with van der Waals surface area (Å²) in [5, 5.41) is 10.1. The highest BCUT2D eigenvalue weighted by atomic mass is 32.2. The van der Waals surface area contributed by atoms with Crippen molar-refractivity contribution < 1.29 is 32.2 Å². The fraction of sp³-hybridized carbons (Fsp3) is 0.290. The van der Waals surface area contributed by atoms with Crippen LogP contribution in [0.15, 0.2) is 67.0 Å². The van der Waals surface area contributed by atoms with Crippen LogP contribution in [0.1, 0.15) is 35.9 Å². The van der Waals surface area contributed by atoms with E-state index in [2.05, 4.69) is 32.4 Å². The van der Waals surface area contributed by atoms with E-state index >= 15 is 0 Å². The van der Waals surface area contributed by atoms with Crippen molar-refractivity contribution in [3.8, 4) is 17.2 Å². The van der Waals surface area contributed by atoms with Gasteiger partial charge in [0.05, 0.1) is 17.1 Å². The zero-order valence-corrected chi connectivity index (χ0v) is 25.5. The summed E-state index contributed by atoms with van der Waals surface area (Å²) >= 11 is 1.36. The minimum atomic E-state index is -4.77. The Morgan fingerprint density at radius 2 is 1.82 bits per heavy atom. The molecule has 1 unspecified atom stereocenters. The van der Waals surface area contributed by atoms with Crippen molar-refractivity contribution in [2.75, 3.05) is 16.0 Å². The number of hydrogen-bond donors (Lipinski definition) is 2. The van der Waals surface area contributed by atoms with Gasteiger partial charge in [-0.05, 0) is 85.5 Å². The number of urea groups is 1. The first-order valence-electron chi connectivity index (χ1n) is 14.1. The molecular weight excluding hydrogens is 609 g/mol. The van der Waals surface area contributed by atoms with Gasteiger partial charge in [-0.15, -0.1) is 30.0 Å². The van der Waals surface area contributed by atoms with E-state index in [0.717, 1.165) is 35.2 Å². The van der Waals surface area contributed by atoms with E-state index < -0.39 is 17.9 Å². The quantitative estimate of drug-likeness (QED) is 0.204. The van der Waals surface area contributed by atoms with Crippen LogP contribution in [-0.4, -0.2) is 44.3 Å². The Bertz CT molecular complexity index is 1680. The van der Waals surface area contributed by atoms with Crippen LogP contribution in [0.2, 0.25) is 0 Å². The third-order valence-electron chi connectivity index (χ3n) is 6.83. The molecule has 14 heteroatoms. The van der Waals surface area contributed by atoms with Crippen molar-refractivity contribution in [2.45, 2.75) is 52.1 Å². The Balaban J connectivity index is 1.17. The SMILES string of the molecule is CCCc1ccc(C)cc1N1C(=O)CSC1NC(=O)Nc1ccc(OCc2ncn(-c3ccc(OC(F)(F)F)cc3)n2)cc1C. The number of amides is 3. The largest absolute Gasteiger partial charge is 0.573 e. The number of carbonyl (C=O) groups excluding carboxylic acids is 2. The average Bonchev–Trinajstić information content (AvgIpc) is 3.60. The molecule has 0 bridgehead atoms. The van der Waals surface area contributed by atoms with E-state index in [1.54, 1.807) is 23.1 Å². The van der Waals surface area contributed by atoms with E-state index in [9.17, 15) is 22.8 Å². The fourth-order valence-electron chi connectivity index (χ4n) is 4.74. The lowest BCUT2D eigenvalue weighted by atomic mass is 10.0. The molecule has 0 spiro atoms. The number of ether oxygens (including phenoxy) is 2. The summed E-state index contributed by atoms with van der Waals surface area (Å²) in [6.45, 7) is 5.93. The van der Waals surface area contributed by atoms with Gasteiger partial charge in [-0.2, -0.15) is 0 Å². The van der Waals surface area contributed by atoms with Crippen LogP contribution in [0, 0.1) is 13.8 Å². The Kier molecular flexibility index (Phi) is 9.51. The summed E-state index contributed by atoms with van der Waals surface area (Å²) in [4.78, 5) is 31.7. The van der Waals surface area contributed by atoms with Crippen molar-refractivity contribution in [3.63, 3.8) is 0 Å². The highest BCUT2D eigenvalue weighted by molar-refractivity contribution is 8.01.